The Labute approximate surface area is 204 Å². The summed E-state index contributed by atoms with van der Waals surface area (Å²) in [4.78, 5) is 35.8. The lowest BCUT2D eigenvalue weighted by Crippen LogP contribution is -2.48. The largest absolute Gasteiger partial charge is 0.414 e. The average Bonchev–Trinajstić information content (AvgIpc) is 3.42. The molecular weight excluding hydrogens is 482 g/mol. The maximum absolute atomic E-state index is 14.2. The van der Waals surface area contributed by atoms with Crippen molar-refractivity contribution in [3.8, 4) is 11.3 Å². The highest BCUT2D eigenvalue weighted by Crippen LogP contribution is 2.40. The molecule has 2 amide bonds. The molecule has 2 unspecified atom stereocenters. The fraction of sp³-hybridized carbons (Fsp3) is 0.542. The molecule has 3 saturated heterocycles. The van der Waals surface area contributed by atoms with Crippen LogP contribution in [0.25, 0.3) is 11.3 Å². The summed E-state index contributed by atoms with van der Waals surface area (Å²) in [5.41, 5.74) is 1.74. The topological polar surface area (TPSA) is 101 Å². The number of halogens is 4. The predicted molar refractivity (Wildman–Crippen MR) is 120 cm³/mol. The van der Waals surface area contributed by atoms with Crippen LogP contribution in [0.3, 0.4) is 0 Å². The number of amides is 2. The summed E-state index contributed by atoms with van der Waals surface area (Å²) in [7, 11) is 0. The third-order valence-electron chi connectivity index (χ3n) is 7.17. The van der Waals surface area contributed by atoms with Gasteiger partial charge in [0.05, 0.1) is 18.5 Å². The molecule has 3 fully saturated rings. The zero-order valence-electron chi connectivity index (χ0n) is 19.5. The fourth-order valence-electron chi connectivity index (χ4n) is 5.40. The first-order valence-electron chi connectivity index (χ1n) is 11.9. The van der Waals surface area contributed by atoms with Gasteiger partial charge in [-0.2, -0.15) is 18.3 Å². The first kappa shape index (κ1) is 24.5. The number of hydrogen-bond acceptors (Lipinski definition) is 5. The lowest BCUT2D eigenvalue weighted by molar-refractivity contribution is -0.220. The van der Waals surface area contributed by atoms with E-state index < -0.39 is 24.0 Å². The van der Waals surface area contributed by atoms with Crippen LogP contribution in [-0.2, 0) is 9.53 Å². The Morgan fingerprint density at radius 2 is 1.89 bits per heavy atom. The number of aryl methyl sites for hydroxylation is 1. The van der Waals surface area contributed by atoms with Crippen molar-refractivity contribution in [2.75, 3.05) is 6.61 Å². The van der Waals surface area contributed by atoms with Crippen molar-refractivity contribution in [2.45, 2.75) is 69.8 Å². The fourth-order valence-corrected chi connectivity index (χ4v) is 5.40. The van der Waals surface area contributed by atoms with Gasteiger partial charge in [-0.15, -0.1) is 0 Å². The molecule has 3 aliphatic rings. The van der Waals surface area contributed by atoms with Crippen molar-refractivity contribution in [1.29, 1.82) is 0 Å². The highest BCUT2D eigenvalue weighted by Gasteiger charge is 2.46. The van der Waals surface area contributed by atoms with Gasteiger partial charge in [0.25, 0.3) is 5.91 Å². The minimum Gasteiger partial charge on any atom is -0.363 e. The van der Waals surface area contributed by atoms with Crippen LogP contribution in [0.2, 0.25) is 0 Å². The normalized spacial score (nSPS) is 27.5. The molecule has 0 aromatic carbocycles. The highest BCUT2D eigenvalue weighted by molar-refractivity contribution is 5.98. The van der Waals surface area contributed by atoms with Crippen LogP contribution in [0.15, 0.2) is 23.3 Å². The molecule has 5 heterocycles. The van der Waals surface area contributed by atoms with Gasteiger partial charge in [-0.3, -0.25) is 19.7 Å². The number of nitrogens with one attached hydrogen (secondary N) is 1. The van der Waals surface area contributed by atoms with E-state index in [0.717, 1.165) is 19.0 Å². The number of fused-ring (bicyclic) bond motifs is 2. The molecule has 4 atom stereocenters. The Bertz CT molecular complexity index is 1190. The van der Waals surface area contributed by atoms with Crippen molar-refractivity contribution in [1.82, 2.24) is 20.1 Å². The van der Waals surface area contributed by atoms with Crippen LogP contribution >= 0.6 is 0 Å². The van der Waals surface area contributed by atoms with E-state index in [1.54, 1.807) is 17.9 Å². The van der Waals surface area contributed by atoms with Gasteiger partial charge in [0.1, 0.15) is 5.69 Å². The number of pyridine rings is 1. The monoisotopic (exact) mass is 507 g/mol. The van der Waals surface area contributed by atoms with Crippen LogP contribution in [0.1, 0.15) is 54.7 Å². The van der Waals surface area contributed by atoms with E-state index in [1.807, 2.05) is 0 Å². The van der Waals surface area contributed by atoms with Gasteiger partial charge < -0.3 is 9.64 Å². The molecule has 1 N–H and O–H groups in total. The molecule has 8 nitrogen and oxygen atoms in total. The SMILES string of the molecule is Cc1cc(-c2cc(C(=O)N3C4CC[C@@H]3CC(C(=O)N=C3CC[C@@H](C(F)(F)F)OC3)C4)[nH]n2)c(F)cn1. The number of carbonyl (C=O) groups is 2. The zero-order valence-corrected chi connectivity index (χ0v) is 19.5. The second-order valence-corrected chi connectivity index (χ2v) is 9.63. The number of piperidine rings is 1. The molecule has 12 heteroatoms. The Hall–Kier alpha value is -3.15. The van der Waals surface area contributed by atoms with Gasteiger partial charge in [0, 0.05) is 35.0 Å². The highest BCUT2D eigenvalue weighted by atomic mass is 19.4. The molecule has 0 radical (unpaired) electrons. The van der Waals surface area contributed by atoms with Crippen molar-refractivity contribution >= 4 is 17.5 Å². The first-order valence-corrected chi connectivity index (χ1v) is 11.9. The summed E-state index contributed by atoms with van der Waals surface area (Å²) in [5.74, 6) is -1.56. The Morgan fingerprint density at radius 1 is 1.17 bits per heavy atom. The summed E-state index contributed by atoms with van der Waals surface area (Å²) in [6.45, 7) is 1.43. The minimum atomic E-state index is -4.42. The van der Waals surface area contributed by atoms with Crippen LogP contribution in [0, 0.1) is 18.7 Å². The Morgan fingerprint density at radius 3 is 2.53 bits per heavy atom. The van der Waals surface area contributed by atoms with Crippen LogP contribution in [0.5, 0.6) is 0 Å². The number of H-pyrrole nitrogens is 1. The predicted octanol–water partition coefficient (Wildman–Crippen LogP) is 4.01. The van der Waals surface area contributed by atoms with Crippen molar-refractivity contribution in [3.63, 3.8) is 0 Å². The number of aromatic nitrogens is 3. The summed E-state index contributed by atoms with van der Waals surface area (Å²) >= 11 is 0. The van der Waals surface area contributed by atoms with Gasteiger partial charge in [0.15, 0.2) is 11.9 Å². The smallest absolute Gasteiger partial charge is 0.363 e. The number of ether oxygens (including phenoxy) is 1. The van der Waals surface area contributed by atoms with E-state index in [9.17, 15) is 27.2 Å². The second-order valence-electron chi connectivity index (χ2n) is 9.63. The minimum absolute atomic E-state index is 0.0693. The molecule has 2 aromatic heterocycles. The molecule has 0 saturated carbocycles. The molecule has 5 rings (SSSR count). The number of hydrogen-bond donors (Lipinski definition) is 1. The first-order chi connectivity index (χ1) is 17.1. The summed E-state index contributed by atoms with van der Waals surface area (Å²) in [6.07, 6.45) is -2.96. The summed E-state index contributed by atoms with van der Waals surface area (Å²) in [5, 5.41) is 6.82. The van der Waals surface area contributed by atoms with Crippen molar-refractivity contribution in [3.05, 3.63) is 35.5 Å². The number of aromatic amines is 1. The van der Waals surface area contributed by atoms with E-state index in [-0.39, 0.29) is 54.6 Å². The third kappa shape index (κ3) is 4.78. The van der Waals surface area contributed by atoms with Gasteiger partial charge in [-0.25, -0.2) is 9.38 Å². The molecule has 2 aromatic rings. The lowest BCUT2D eigenvalue weighted by atomic mass is 9.89. The van der Waals surface area contributed by atoms with Gasteiger partial charge in [-0.1, -0.05) is 0 Å². The molecule has 0 spiro atoms. The van der Waals surface area contributed by atoms with E-state index in [1.165, 1.54) is 6.07 Å². The number of aliphatic imine (C=N–C) groups is 1. The molecule has 0 aliphatic carbocycles. The number of alkyl halides is 3. The standard InChI is InChI=1S/C24H25F4N5O3/c1-12-6-17(18(25)10-29-12)19-9-20(32-31-19)23(35)33-15-3-4-16(33)8-13(7-15)22(34)30-14-2-5-21(36-11-14)24(26,27)28/h6,9-10,13,15-16,21H,2-5,7-8,11H2,1H3,(H,31,32)/t13?,15-,16?,21+/m1/s1. The molecular formula is C24H25F4N5O3. The van der Waals surface area contributed by atoms with Crippen molar-refractivity contribution < 1.29 is 31.9 Å². The van der Waals surface area contributed by atoms with Gasteiger partial charge >= 0.3 is 6.18 Å². The molecule has 192 valence electrons. The second kappa shape index (κ2) is 9.38. The van der Waals surface area contributed by atoms with E-state index in [4.69, 9.17) is 4.74 Å². The number of rotatable bonds is 3. The Kier molecular flexibility index (Phi) is 6.39. The van der Waals surface area contributed by atoms with Crippen LogP contribution in [0.4, 0.5) is 17.6 Å². The summed E-state index contributed by atoms with van der Waals surface area (Å²) < 4.78 is 57.4. The van der Waals surface area contributed by atoms with Crippen molar-refractivity contribution in [2.24, 2.45) is 10.9 Å². The maximum Gasteiger partial charge on any atom is 0.414 e. The third-order valence-corrected chi connectivity index (χ3v) is 7.17. The van der Waals surface area contributed by atoms with Crippen LogP contribution < -0.4 is 0 Å². The average molecular weight is 507 g/mol. The van der Waals surface area contributed by atoms with Gasteiger partial charge in [-0.05, 0) is 57.6 Å². The van der Waals surface area contributed by atoms with Gasteiger partial charge in [0.2, 0.25) is 5.91 Å². The summed E-state index contributed by atoms with van der Waals surface area (Å²) in [6, 6.07) is 2.76. The van der Waals surface area contributed by atoms with Crippen LogP contribution in [-0.4, -0.2) is 68.6 Å². The zero-order chi connectivity index (χ0) is 25.6. The molecule has 36 heavy (non-hydrogen) atoms. The van der Waals surface area contributed by atoms with E-state index in [2.05, 4.69) is 20.2 Å². The quantitative estimate of drug-likeness (QED) is 0.633. The number of carbonyl (C=O) groups excluding carboxylic acids is 2. The van der Waals surface area contributed by atoms with E-state index >= 15 is 0 Å². The lowest BCUT2D eigenvalue weighted by Gasteiger charge is -2.37. The number of nitrogens with zero attached hydrogens (tertiary/aromatic N) is 4. The molecule has 3 aliphatic heterocycles. The maximum atomic E-state index is 14.2. The van der Waals surface area contributed by atoms with E-state index in [0.29, 0.717) is 29.9 Å². The molecule has 2 bridgehead atoms. The Balaban J connectivity index is 1.24.